The maximum absolute atomic E-state index is 9.97. The van der Waals surface area contributed by atoms with Crippen LogP contribution in [0.5, 0.6) is 0 Å². The Balaban J connectivity index is 1.81. The normalized spacial score (nSPS) is 31.2. The summed E-state index contributed by atoms with van der Waals surface area (Å²) in [4.78, 5) is 2.55. The SMILES string of the molecule is OCC1(Nc2ccc(Br)cc2)CCN2CCCCC21. The van der Waals surface area contributed by atoms with Gasteiger partial charge in [-0.1, -0.05) is 22.4 Å². The lowest BCUT2D eigenvalue weighted by molar-refractivity contribution is 0.123. The second kappa shape index (κ2) is 5.43. The number of aliphatic hydroxyl groups excluding tert-OH is 1. The van der Waals surface area contributed by atoms with Gasteiger partial charge in [-0.25, -0.2) is 0 Å². The minimum Gasteiger partial charge on any atom is -0.394 e. The van der Waals surface area contributed by atoms with E-state index in [0.717, 1.165) is 23.1 Å². The highest BCUT2D eigenvalue weighted by molar-refractivity contribution is 9.10. The molecule has 2 aliphatic rings. The monoisotopic (exact) mass is 324 g/mol. The molecule has 0 aliphatic carbocycles. The van der Waals surface area contributed by atoms with E-state index in [-0.39, 0.29) is 12.1 Å². The Morgan fingerprint density at radius 1 is 1.26 bits per heavy atom. The van der Waals surface area contributed by atoms with Crippen LogP contribution in [0.4, 0.5) is 5.69 Å². The number of nitrogens with one attached hydrogen (secondary N) is 1. The van der Waals surface area contributed by atoms with Gasteiger partial charge < -0.3 is 10.4 Å². The highest BCUT2D eigenvalue weighted by atomic mass is 79.9. The molecule has 2 saturated heterocycles. The van der Waals surface area contributed by atoms with Crippen molar-refractivity contribution >= 4 is 21.6 Å². The van der Waals surface area contributed by atoms with Gasteiger partial charge in [0, 0.05) is 22.7 Å². The number of nitrogens with zero attached hydrogens (tertiary/aromatic N) is 1. The summed E-state index contributed by atoms with van der Waals surface area (Å²) in [6.45, 7) is 2.51. The van der Waals surface area contributed by atoms with Crippen LogP contribution in [0.15, 0.2) is 28.7 Å². The van der Waals surface area contributed by atoms with E-state index in [4.69, 9.17) is 0 Å². The molecule has 0 aromatic heterocycles. The smallest absolute Gasteiger partial charge is 0.0770 e. The van der Waals surface area contributed by atoms with Gasteiger partial charge >= 0.3 is 0 Å². The lowest BCUT2D eigenvalue weighted by Gasteiger charge is -2.40. The molecule has 1 aromatic carbocycles. The summed E-state index contributed by atoms with van der Waals surface area (Å²) in [6.07, 6.45) is 4.82. The zero-order valence-electron chi connectivity index (χ0n) is 11.1. The van der Waals surface area contributed by atoms with Crippen molar-refractivity contribution in [2.75, 3.05) is 25.0 Å². The van der Waals surface area contributed by atoms with Crippen molar-refractivity contribution in [1.82, 2.24) is 4.90 Å². The third kappa shape index (κ3) is 2.54. The van der Waals surface area contributed by atoms with E-state index in [1.165, 1.54) is 25.8 Å². The highest BCUT2D eigenvalue weighted by Gasteiger charge is 2.47. The van der Waals surface area contributed by atoms with Crippen LogP contribution >= 0.6 is 15.9 Å². The Labute approximate surface area is 123 Å². The molecule has 2 N–H and O–H groups in total. The zero-order valence-corrected chi connectivity index (χ0v) is 12.7. The Hall–Kier alpha value is -0.580. The summed E-state index contributed by atoms with van der Waals surface area (Å²) in [5, 5.41) is 13.6. The van der Waals surface area contributed by atoms with Crippen LogP contribution < -0.4 is 5.32 Å². The molecule has 0 saturated carbocycles. The van der Waals surface area contributed by atoms with Gasteiger partial charge in [0.05, 0.1) is 12.1 Å². The highest BCUT2D eigenvalue weighted by Crippen LogP contribution is 2.37. The maximum atomic E-state index is 9.97. The molecule has 0 spiro atoms. The van der Waals surface area contributed by atoms with Gasteiger partial charge in [-0.3, -0.25) is 4.90 Å². The Kier molecular flexibility index (Phi) is 3.83. The summed E-state index contributed by atoms with van der Waals surface area (Å²) in [5.74, 6) is 0. The van der Waals surface area contributed by atoms with Crippen molar-refractivity contribution < 1.29 is 5.11 Å². The number of aliphatic hydroxyl groups is 1. The van der Waals surface area contributed by atoms with Crippen LogP contribution in [-0.2, 0) is 0 Å². The van der Waals surface area contributed by atoms with E-state index < -0.39 is 0 Å². The van der Waals surface area contributed by atoms with E-state index >= 15 is 0 Å². The summed E-state index contributed by atoms with van der Waals surface area (Å²) < 4.78 is 1.09. The molecule has 2 unspecified atom stereocenters. The molecule has 3 nitrogen and oxygen atoms in total. The van der Waals surface area contributed by atoms with Gasteiger partial charge in [0.15, 0.2) is 0 Å². The molecular weight excluding hydrogens is 304 g/mol. The fourth-order valence-corrected chi connectivity index (χ4v) is 3.85. The minimum absolute atomic E-state index is 0.158. The van der Waals surface area contributed by atoms with Crippen molar-refractivity contribution in [2.45, 2.75) is 37.3 Å². The number of benzene rings is 1. The molecule has 1 aromatic rings. The van der Waals surface area contributed by atoms with Crippen molar-refractivity contribution in [2.24, 2.45) is 0 Å². The first-order valence-corrected chi connectivity index (χ1v) is 7.91. The van der Waals surface area contributed by atoms with Crippen molar-refractivity contribution in [3.05, 3.63) is 28.7 Å². The van der Waals surface area contributed by atoms with Crippen LogP contribution in [0.2, 0.25) is 0 Å². The minimum atomic E-state index is -0.158. The van der Waals surface area contributed by atoms with E-state index in [0.29, 0.717) is 6.04 Å². The van der Waals surface area contributed by atoms with E-state index in [1.807, 2.05) is 12.1 Å². The molecule has 4 heteroatoms. The number of hydrogen-bond donors (Lipinski definition) is 2. The second-order valence-electron chi connectivity index (χ2n) is 5.74. The Morgan fingerprint density at radius 3 is 2.79 bits per heavy atom. The fourth-order valence-electron chi connectivity index (χ4n) is 3.58. The number of piperidine rings is 1. The average molecular weight is 325 g/mol. The molecule has 2 fully saturated rings. The van der Waals surface area contributed by atoms with Crippen molar-refractivity contribution in [3.8, 4) is 0 Å². The van der Waals surface area contributed by atoms with Gasteiger partial charge in [0.2, 0.25) is 0 Å². The fraction of sp³-hybridized carbons (Fsp3) is 0.600. The van der Waals surface area contributed by atoms with E-state index in [9.17, 15) is 5.11 Å². The van der Waals surface area contributed by atoms with Crippen LogP contribution in [0.1, 0.15) is 25.7 Å². The standard InChI is InChI=1S/C15H21BrN2O/c16-12-4-6-13(7-5-12)17-15(11-19)8-10-18-9-2-1-3-14(15)18/h4-7,14,17,19H,1-3,8-11H2. The van der Waals surface area contributed by atoms with E-state index in [1.54, 1.807) is 0 Å². The predicted octanol–water partition coefficient (Wildman–Crippen LogP) is 2.85. The number of hydrogen-bond acceptors (Lipinski definition) is 3. The molecule has 19 heavy (non-hydrogen) atoms. The Morgan fingerprint density at radius 2 is 2.05 bits per heavy atom. The average Bonchev–Trinajstić information content (AvgIpc) is 2.81. The van der Waals surface area contributed by atoms with E-state index in [2.05, 4.69) is 38.3 Å². The van der Waals surface area contributed by atoms with Crippen molar-refractivity contribution in [1.29, 1.82) is 0 Å². The molecule has 0 amide bonds. The van der Waals surface area contributed by atoms with Gasteiger partial charge in [0.25, 0.3) is 0 Å². The number of halogens is 1. The van der Waals surface area contributed by atoms with Crippen LogP contribution in [0, 0.1) is 0 Å². The lowest BCUT2D eigenvalue weighted by atomic mass is 9.86. The quantitative estimate of drug-likeness (QED) is 0.897. The zero-order chi connectivity index (χ0) is 13.3. The van der Waals surface area contributed by atoms with Gasteiger partial charge in [-0.05, 0) is 50.1 Å². The number of fused-ring (bicyclic) bond motifs is 1. The molecular formula is C15H21BrN2O. The first-order chi connectivity index (χ1) is 9.23. The predicted molar refractivity (Wildman–Crippen MR) is 81.4 cm³/mol. The largest absolute Gasteiger partial charge is 0.394 e. The van der Waals surface area contributed by atoms with Gasteiger partial charge in [-0.15, -0.1) is 0 Å². The van der Waals surface area contributed by atoms with Gasteiger partial charge in [0.1, 0.15) is 0 Å². The maximum Gasteiger partial charge on any atom is 0.0770 e. The third-order valence-corrected chi connectivity index (χ3v) is 5.14. The van der Waals surface area contributed by atoms with Crippen molar-refractivity contribution in [3.63, 3.8) is 0 Å². The lowest BCUT2D eigenvalue weighted by Crippen LogP contribution is -2.54. The molecule has 104 valence electrons. The third-order valence-electron chi connectivity index (χ3n) is 4.62. The van der Waals surface area contributed by atoms with Gasteiger partial charge in [-0.2, -0.15) is 0 Å². The first kappa shape index (κ1) is 13.4. The molecule has 2 atom stereocenters. The van der Waals surface area contributed by atoms with Crippen LogP contribution in [-0.4, -0.2) is 41.3 Å². The summed E-state index contributed by atoms with van der Waals surface area (Å²) >= 11 is 3.46. The second-order valence-corrected chi connectivity index (χ2v) is 6.66. The van der Waals surface area contributed by atoms with Crippen LogP contribution in [0.25, 0.3) is 0 Å². The summed E-state index contributed by atoms with van der Waals surface area (Å²) in [7, 11) is 0. The topological polar surface area (TPSA) is 35.5 Å². The number of anilines is 1. The summed E-state index contributed by atoms with van der Waals surface area (Å²) in [6, 6.07) is 8.72. The molecule has 0 radical (unpaired) electrons. The number of rotatable bonds is 3. The summed E-state index contributed by atoms with van der Waals surface area (Å²) in [5.41, 5.74) is 0.943. The Bertz CT molecular complexity index is 436. The molecule has 2 heterocycles. The molecule has 0 bridgehead atoms. The first-order valence-electron chi connectivity index (χ1n) is 7.12. The van der Waals surface area contributed by atoms with Crippen LogP contribution in [0.3, 0.4) is 0 Å². The molecule has 2 aliphatic heterocycles. The molecule has 3 rings (SSSR count).